The molecule has 14 heteroatoms. The summed E-state index contributed by atoms with van der Waals surface area (Å²) < 4.78 is 42.5. The molecule has 6 rings (SSSR count). The number of carbonyl (C=O) groups is 2. The molecule has 2 atom stereocenters. The van der Waals surface area contributed by atoms with Crippen LogP contribution in [0, 0.1) is 6.92 Å². The summed E-state index contributed by atoms with van der Waals surface area (Å²) in [6.45, 7) is 5.06. The van der Waals surface area contributed by atoms with Crippen molar-refractivity contribution in [1.82, 2.24) is 19.8 Å². The van der Waals surface area contributed by atoms with Gasteiger partial charge in [0.2, 0.25) is 5.95 Å². The van der Waals surface area contributed by atoms with Crippen LogP contribution in [-0.4, -0.2) is 89.2 Å². The first-order valence-electron chi connectivity index (χ1n) is 15.8. The van der Waals surface area contributed by atoms with E-state index in [-0.39, 0.29) is 36.3 Å². The quantitative estimate of drug-likeness (QED) is 0.336. The molecule has 3 heterocycles. The van der Waals surface area contributed by atoms with E-state index in [9.17, 15) is 27.9 Å². The highest BCUT2D eigenvalue weighted by Crippen LogP contribution is 2.38. The number of hydrogen-bond acceptors (Lipinski definition) is 8. The maximum atomic E-state index is 14.2. The summed E-state index contributed by atoms with van der Waals surface area (Å²) in [6.07, 6.45) is -1.88. The number of rotatable bonds is 7. The van der Waals surface area contributed by atoms with Crippen molar-refractivity contribution in [2.45, 2.75) is 57.6 Å². The van der Waals surface area contributed by atoms with Crippen LogP contribution in [0.5, 0.6) is 0 Å². The fourth-order valence-corrected chi connectivity index (χ4v) is 6.53. The second-order valence-corrected chi connectivity index (χ2v) is 12.6. The zero-order valence-electron chi connectivity index (χ0n) is 26.6. The molecule has 0 spiro atoms. The van der Waals surface area contributed by atoms with Gasteiger partial charge in [-0.15, -0.1) is 0 Å². The lowest BCUT2D eigenvalue weighted by molar-refractivity contribution is -0.138. The van der Waals surface area contributed by atoms with Crippen molar-refractivity contribution in [3.8, 4) is 0 Å². The van der Waals surface area contributed by atoms with Gasteiger partial charge in [0.25, 0.3) is 5.91 Å². The number of likely N-dealkylation sites (N-methyl/N-ethyl adjacent to an activating group) is 1. The molecule has 1 aliphatic carbocycles. The van der Waals surface area contributed by atoms with Gasteiger partial charge in [-0.05, 0) is 68.6 Å². The lowest BCUT2D eigenvalue weighted by atomic mass is 10.0. The number of carbonyl (C=O) groups excluding carboxylic acids is 2. The zero-order valence-corrected chi connectivity index (χ0v) is 26.6. The lowest BCUT2D eigenvalue weighted by Gasteiger charge is -2.39. The Morgan fingerprint density at radius 1 is 1.09 bits per heavy atom. The Balaban J connectivity index is 1.25. The van der Waals surface area contributed by atoms with Gasteiger partial charge in [-0.2, -0.15) is 18.2 Å². The number of nitrogens with zero attached hydrogens (tertiary/aromatic N) is 6. The Labute approximate surface area is 271 Å². The number of amides is 3. The molecule has 1 saturated heterocycles. The number of hydrogen-bond donors (Lipinski definition) is 3. The molecule has 3 aliphatic rings. The summed E-state index contributed by atoms with van der Waals surface area (Å²) in [6, 6.07) is 8.18. The highest BCUT2D eigenvalue weighted by atomic mass is 19.4. The van der Waals surface area contributed by atoms with E-state index in [2.05, 4.69) is 25.5 Å². The Kier molecular flexibility index (Phi) is 9.09. The van der Waals surface area contributed by atoms with Crippen LogP contribution in [0.3, 0.4) is 0 Å². The number of alkyl halides is 3. The summed E-state index contributed by atoms with van der Waals surface area (Å²) in [5.41, 5.74) is 1.51. The SMILES string of the molecule is CNc1ncc2c(n1)N([C@H]1CC[C@@H](O)C1)C(=O)N(c1cc(NC(=O)c3ccc(CN4CCN(C)CC4)c(C(F)(F)F)c3)ccc1C)C2. The van der Waals surface area contributed by atoms with Gasteiger partial charge in [-0.1, -0.05) is 12.1 Å². The van der Waals surface area contributed by atoms with Crippen molar-refractivity contribution in [2.24, 2.45) is 0 Å². The number of aliphatic hydroxyl groups is 1. The highest BCUT2D eigenvalue weighted by Gasteiger charge is 2.41. The van der Waals surface area contributed by atoms with Gasteiger partial charge in [0.1, 0.15) is 5.82 Å². The minimum atomic E-state index is -4.63. The number of aryl methyl sites for hydroxylation is 1. The molecule has 1 saturated carbocycles. The van der Waals surface area contributed by atoms with Gasteiger partial charge in [0.15, 0.2) is 0 Å². The van der Waals surface area contributed by atoms with E-state index < -0.39 is 23.8 Å². The number of aliphatic hydroxyl groups excluding tert-OH is 1. The van der Waals surface area contributed by atoms with Gasteiger partial charge in [0, 0.05) is 68.8 Å². The van der Waals surface area contributed by atoms with Gasteiger partial charge in [0.05, 0.1) is 23.9 Å². The second-order valence-electron chi connectivity index (χ2n) is 12.6. The molecule has 3 aromatic rings. The Morgan fingerprint density at radius 3 is 2.53 bits per heavy atom. The summed E-state index contributed by atoms with van der Waals surface area (Å²) in [5, 5.41) is 15.9. The van der Waals surface area contributed by atoms with Crippen molar-refractivity contribution in [3.05, 3.63) is 70.4 Å². The van der Waals surface area contributed by atoms with E-state index >= 15 is 0 Å². The molecule has 0 bridgehead atoms. The first kappa shape index (κ1) is 32.7. The Bertz CT molecular complexity index is 1660. The fraction of sp³-hybridized carbons (Fsp3) is 0.455. The molecule has 1 aromatic heterocycles. The molecule has 0 unspecified atom stereocenters. The van der Waals surface area contributed by atoms with Crippen LogP contribution in [0.25, 0.3) is 0 Å². The number of fused-ring (bicyclic) bond motifs is 1. The maximum absolute atomic E-state index is 14.2. The van der Waals surface area contributed by atoms with E-state index in [1.165, 1.54) is 12.1 Å². The molecular weight excluding hydrogens is 613 g/mol. The third-order valence-corrected chi connectivity index (χ3v) is 9.23. The standard InChI is InChI=1S/C33H39F3N8O3/c1-20-4-7-24(39-30(46)21-5-6-22(27(14-21)33(34,35)36)18-42-12-10-41(3)11-13-42)15-28(20)43-19-23-17-38-31(37-2)40-29(23)44(32(43)47)25-8-9-26(45)16-25/h4-7,14-15,17,25-26,45H,8-13,16,18-19H2,1-3H3,(H,39,46)(H,37,38,40)/t25-,26+/m0/s1. The van der Waals surface area contributed by atoms with E-state index in [4.69, 9.17) is 0 Å². The number of piperazine rings is 1. The molecular formula is C33H39F3N8O3. The van der Waals surface area contributed by atoms with Gasteiger partial charge < -0.3 is 20.6 Å². The van der Waals surface area contributed by atoms with Crippen LogP contribution in [0.2, 0.25) is 0 Å². The molecule has 3 N–H and O–H groups in total. The summed E-state index contributed by atoms with van der Waals surface area (Å²) in [4.78, 5) is 43.7. The molecule has 47 heavy (non-hydrogen) atoms. The van der Waals surface area contributed by atoms with Crippen molar-refractivity contribution in [2.75, 3.05) is 60.7 Å². The largest absolute Gasteiger partial charge is 0.416 e. The lowest BCUT2D eigenvalue weighted by Crippen LogP contribution is -2.52. The maximum Gasteiger partial charge on any atom is 0.416 e. The monoisotopic (exact) mass is 652 g/mol. The third-order valence-electron chi connectivity index (χ3n) is 9.23. The van der Waals surface area contributed by atoms with Crippen LogP contribution in [0.1, 0.15) is 51.9 Å². The number of anilines is 4. The first-order chi connectivity index (χ1) is 22.4. The van der Waals surface area contributed by atoms with Crippen LogP contribution >= 0.6 is 0 Å². The normalized spacial score (nSPS) is 20.8. The first-order valence-corrected chi connectivity index (χ1v) is 15.8. The van der Waals surface area contributed by atoms with Crippen LogP contribution in [-0.2, 0) is 19.3 Å². The topological polar surface area (TPSA) is 117 Å². The number of aromatic nitrogens is 2. The third kappa shape index (κ3) is 6.90. The molecule has 250 valence electrons. The van der Waals surface area contributed by atoms with E-state index in [1.54, 1.807) is 41.2 Å². The summed E-state index contributed by atoms with van der Waals surface area (Å²) >= 11 is 0. The van der Waals surface area contributed by atoms with Crippen molar-refractivity contribution >= 4 is 35.1 Å². The molecule has 2 aliphatic heterocycles. The fourth-order valence-electron chi connectivity index (χ4n) is 6.53. The predicted molar refractivity (Wildman–Crippen MR) is 173 cm³/mol. The second kappa shape index (κ2) is 13.1. The minimum Gasteiger partial charge on any atom is -0.393 e. The summed E-state index contributed by atoms with van der Waals surface area (Å²) in [7, 11) is 3.68. The van der Waals surface area contributed by atoms with E-state index in [0.717, 1.165) is 30.3 Å². The van der Waals surface area contributed by atoms with Crippen molar-refractivity contribution in [3.63, 3.8) is 0 Å². The number of benzene rings is 2. The molecule has 0 radical (unpaired) electrons. The zero-order chi connectivity index (χ0) is 33.5. The van der Waals surface area contributed by atoms with E-state index in [0.29, 0.717) is 55.5 Å². The number of urea groups is 1. The molecule has 2 fully saturated rings. The van der Waals surface area contributed by atoms with Crippen molar-refractivity contribution < 1.29 is 27.9 Å². The van der Waals surface area contributed by atoms with Crippen LogP contribution < -0.4 is 20.4 Å². The minimum absolute atomic E-state index is 0.118. The number of halogens is 3. The van der Waals surface area contributed by atoms with Crippen LogP contribution in [0.15, 0.2) is 42.6 Å². The smallest absolute Gasteiger partial charge is 0.393 e. The predicted octanol–water partition coefficient (Wildman–Crippen LogP) is 4.71. The van der Waals surface area contributed by atoms with Gasteiger partial charge in [-0.25, -0.2) is 9.78 Å². The molecule has 11 nitrogen and oxygen atoms in total. The summed E-state index contributed by atoms with van der Waals surface area (Å²) in [5.74, 6) is 0.167. The Morgan fingerprint density at radius 2 is 1.85 bits per heavy atom. The highest BCUT2D eigenvalue weighted by molar-refractivity contribution is 6.08. The van der Waals surface area contributed by atoms with Crippen LogP contribution in [0.4, 0.5) is 41.1 Å². The number of nitrogens with one attached hydrogen (secondary N) is 2. The Hall–Kier alpha value is -4.27. The van der Waals surface area contributed by atoms with Gasteiger partial charge in [-0.3, -0.25) is 19.5 Å². The average molecular weight is 653 g/mol. The molecule has 3 amide bonds. The van der Waals surface area contributed by atoms with Crippen molar-refractivity contribution in [1.29, 1.82) is 0 Å². The van der Waals surface area contributed by atoms with E-state index in [1.807, 2.05) is 18.9 Å². The van der Waals surface area contributed by atoms with Gasteiger partial charge >= 0.3 is 12.2 Å². The average Bonchev–Trinajstić information content (AvgIpc) is 3.47. The molecule has 2 aromatic carbocycles.